The summed E-state index contributed by atoms with van der Waals surface area (Å²) >= 11 is 0. The molecule has 0 aromatic rings. The highest BCUT2D eigenvalue weighted by Crippen LogP contribution is 2.21. The summed E-state index contributed by atoms with van der Waals surface area (Å²) in [5, 5.41) is 11.7. The lowest BCUT2D eigenvalue weighted by atomic mass is 9.89. The second-order valence-electron chi connectivity index (χ2n) is 5.10. The van der Waals surface area contributed by atoms with Gasteiger partial charge in [-0.3, -0.25) is 9.69 Å². The van der Waals surface area contributed by atoms with Gasteiger partial charge in [-0.25, -0.2) is 0 Å². The number of piperazine rings is 1. The molecule has 16 heavy (non-hydrogen) atoms. The van der Waals surface area contributed by atoms with Crippen LogP contribution in [0.25, 0.3) is 0 Å². The zero-order chi connectivity index (χ0) is 12.2. The number of carbonyl (C=O) groups is 1. The second kappa shape index (κ2) is 5.31. The Morgan fingerprint density at radius 3 is 2.94 bits per heavy atom. The molecule has 1 rings (SSSR count). The van der Waals surface area contributed by atoms with E-state index in [1.807, 2.05) is 20.8 Å². The largest absolute Gasteiger partial charge is 0.353 e. The summed E-state index contributed by atoms with van der Waals surface area (Å²) < 4.78 is 0. The van der Waals surface area contributed by atoms with Crippen molar-refractivity contribution in [1.29, 1.82) is 5.26 Å². The molecule has 1 aliphatic heterocycles. The number of nitrogens with zero attached hydrogens (tertiary/aromatic N) is 2. The summed E-state index contributed by atoms with van der Waals surface area (Å²) in [5.41, 5.74) is -0.249. The van der Waals surface area contributed by atoms with Gasteiger partial charge in [0, 0.05) is 13.1 Å². The average Bonchev–Trinajstić information content (AvgIpc) is 2.24. The van der Waals surface area contributed by atoms with Gasteiger partial charge in [0.25, 0.3) is 0 Å². The van der Waals surface area contributed by atoms with Crippen molar-refractivity contribution in [2.24, 2.45) is 5.41 Å². The number of carbonyl (C=O) groups excluding carboxylic acids is 1. The van der Waals surface area contributed by atoms with E-state index in [2.05, 4.69) is 16.3 Å². The predicted octanol–water partition coefficient (Wildman–Crippen LogP) is 1.14. The van der Waals surface area contributed by atoms with Crippen LogP contribution in [-0.4, -0.2) is 36.5 Å². The first kappa shape index (κ1) is 13.0. The van der Waals surface area contributed by atoms with Crippen molar-refractivity contribution in [3.8, 4) is 6.07 Å². The van der Waals surface area contributed by atoms with E-state index in [-0.39, 0.29) is 17.4 Å². The van der Waals surface area contributed by atoms with Gasteiger partial charge in [0.05, 0.1) is 17.5 Å². The van der Waals surface area contributed by atoms with Crippen LogP contribution in [0.2, 0.25) is 0 Å². The molecule has 0 aromatic heterocycles. The van der Waals surface area contributed by atoms with Crippen LogP contribution in [0.5, 0.6) is 0 Å². The van der Waals surface area contributed by atoms with Crippen molar-refractivity contribution in [2.75, 3.05) is 19.6 Å². The quantitative estimate of drug-likeness (QED) is 0.777. The maximum Gasteiger partial charge on any atom is 0.237 e. The van der Waals surface area contributed by atoms with Gasteiger partial charge in [-0.15, -0.1) is 0 Å². The van der Waals surface area contributed by atoms with Gasteiger partial charge in [-0.05, 0) is 40.2 Å². The molecule has 1 fully saturated rings. The molecule has 4 heteroatoms. The Morgan fingerprint density at radius 1 is 1.62 bits per heavy atom. The minimum atomic E-state index is -0.249. The Balaban J connectivity index is 2.33. The van der Waals surface area contributed by atoms with E-state index >= 15 is 0 Å². The van der Waals surface area contributed by atoms with Gasteiger partial charge in [0.2, 0.25) is 5.91 Å². The Morgan fingerprint density at radius 2 is 2.31 bits per heavy atom. The third kappa shape index (κ3) is 3.49. The van der Waals surface area contributed by atoms with Crippen molar-refractivity contribution in [3.05, 3.63) is 0 Å². The number of nitriles is 1. The van der Waals surface area contributed by atoms with Crippen molar-refractivity contribution in [1.82, 2.24) is 10.2 Å². The minimum Gasteiger partial charge on any atom is -0.353 e. The van der Waals surface area contributed by atoms with Crippen LogP contribution < -0.4 is 5.32 Å². The highest BCUT2D eigenvalue weighted by Gasteiger charge is 2.25. The average molecular weight is 223 g/mol. The molecule has 1 unspecified atom stereocenters. The minimum absolute atomic E-state index is 0.0288. The summed E-state index contributed by atoms with van der Waals surface area (Å²) in [7, 11) is 0. The van der Waals surface area contributed by atoms with Gasteiger partial charge >= 0.3 is 0 Å². The zero-order valence-corrected chi connectivity index (χ0v) is 10.4. The maximum absolute atomic E-state index is 11.4. The van der Waals surface area contributed by atoms with Crippen molar-refractivity contribution >= 4 is 5.91 Å². The first-order chi connectivity index (χ1) is 7.46. The second-order valence-corrected chi connectivity index (χ2v) is 5.10. The number of amides is 1. The summed E-state index contributed by atoms with van der Waals surface area (Å²) in [4.78, 5) is 13.6. The molecule has 0 aromatic carbocycles. The van der Waals surface area contributed by atoms with E-state index in [0.29, 0.717) is 0 Å². The molecule has 1 heterocycles. The van der Waals surface area contributed by atoms with E-state index in [1.165, 1.54) is 0 Å². The zero-order valence-electron chi connectivity index (χ0n) is 10.4. The summed E-state index contributed by atoms with van der Waals surface area (Å²) in [6.07, 6.45) is 1.85. The van der Waals surface area contributed by atoms with Crippen LogP contribution in [0.4, 0.5) is 0 Å². The molecule has 0 spiro atoms. The fourth-order valence-corrected chi connectivity index (χ4v) is 1.92. The predicted molar refractivity (Wildman–Crippen MR) is 62.7 cm³/mol. The molecule has 0 bridgehead atoms. The molecule has 90 valence electrons. The van der Waals surface area contributed by atoms with Crippen molar-refractivity contribution in [3.63, 3.8) is 0 Å². The van der Waals surface area contributed by atoms with Gasteiger partial charge < -0.3 is 5.32 Å². The molecule has 1 atom stereocenters. The standard InChI is InChI=1S/C12H21N3O/c1-10-11(16)14-6-8-15(10)7-4-5-12(2,3)9-13/h10H,4-8H2,1-3H3,(H,14,16). The van der Waals surface area contributed by atoms with Crippen molar-refractivity contribution < 1.29 is 4.79 Å². The van der Waals surface area contributed by atoms with E-state index in [1.54, 1.807) is 0 Å². The van der Waals surface area contributed by atoms with E-state index in [0.717, 1.165) is 32.5 Å². The number of hydrogen-bond acceptors (Lipinski definition) is 3. The SMILES string of the molecule is CC1C(=O)NCCN1CCCC(C)(C)C#N. The van der Waals surface area contributed by atoms with Crippen LogP contribution in [0.15, 0.2) is 0 Å². The topological polar surface area (TPSA) is 56.1 Å². The highest BCUT2D eigenvalue weighted by atomic mass is 16.2. The Labute approximate surface area is 97.6 Å². The van der Waals surface area contributed by atoms with E-state index in [4.69, 9.17) is 5.26 Å². The molecule has 0 saturated carbocycles. The molecule has 0 aliphatic carbocycles. The molecule has 1 saturated heterocycles. The van der Waals surface area contributed by atoms with Crippen molar-refractivity contribution in [2.45, 2.75) is 39.7 Å². The first-order valence-electron chi connectivity index (χ1n) is 5.89. The Bertz CT molecular complexity index is 293. The van der Waals surface area contributed by atoms with Gasteiger partial charge in [0.15, 0.2) is 0 Å². The van der Waals surface area contributed by atoms with Crippen LogP contribution >= 0.6 is 0 Å². The van der Waals surface area contributed by atoms with Gasteiger partial charge in [-0.1, -0.05) is 0 Å². The fraction of sp³-hybridized carbons (Fsp3) is 0.833. The Kier molecular flexibility index (Phi) is 4.31. The molecule has 1 N–H and O–H groups in total. The molecule has 4 nitrogen and oxygen atoms in total. The van der Waals surface area contributed by atoms with Crippen LogP contribution in [0, 0.1) is 16.7 Å². The monoisotopic (exact) mass is 223 g/mol. The lowest BCUT2D eigenvalue weighted by molar-refractivity contribution is -0.128. The lowest BCUT2D eigenvalue weighted by Crippen LogP contribution is -2.53. The van der Waals surface area contributed by atoms with E-state index < -0.39 is 0 Å². The molecular weight excluding hydrogens is 202 g/mol. The maximum atomic E-state index is 11.4. The van der Waals surface area contributed by atoms with Crippen LogP contribution in [0.3, 0.4) is 0 Å². The smallest absolute Gasteiger partial charge is 0.237 e. The van der Waals surface area contributed by atoms with Crippen LogP contribution in [-0.2, 0) is 4.79 Å². The Hall–Kier alpha value is -1.08. The molecule has 1 amide bonds. The highest BCUT2D eigenvalue weighted by molar-refractivity contribution is 5.81. The summed E-state index contributed by atoms with van der Waals surface area (Å²) in [6, 6.07) is 2.27. The van der Waals surface area contributed by atoms with Gasteiger partial charge in [-0.2, -0.15) is 5.26 Å². The molecular formula is C12H21N3O. The normalized spacial score (nSPS) is 22.6. The van der Waals surface area contributed by atoms with Gasteiger partial charge in [0.1, 0.15) is 0 Å². The number of nitrogens with one attached hydrogen (secondary N) is 1. The number of rotatable bonds is 4. The van der Waals surface area contributed by atoms with Crippen LogP contribution in [0.1, 0.15) is 33.6 Å². The first-order valence-corrected chi connectivity index (χ1v) is 5.89. The molecule has 0 radical (unpaired) electrons. The lowest BCUT2D eigenvalue weighted by Gasteiger charge is -2.33. The summed E-state index contributed by atoms with van der Waals surface area (Å²) in [5.74, 6) is 0.116. The third-order valence-corrected chi connectivity index (χ3v) is 3.18. The fourth-order valence-electron chi connectivity index (χ4n) is 1.92. The van der Waals surface area contributed by atoms with E-state index in [9.17, 15) is 4.79 Å². The summed E-state index contributed by atoms with van der Waals surface area (Å²) in [6.45, 7) is 8.41. The number of hydrogen-bond donors (Lipinski definition) is 1. The third-order valence-electron chi connectivity index (χ3n) is 3.18. The molecule has 1 aliphatic rings.